The number of aromatic nitrogens is 1. The molecule has 194 valence electrons. The number of hydrogen-bond acceptors (Lipinski definition) is 7. The Balaban J connectivity index is 1.48. The first-order chi connectivity index (χ1) is 17.5. The van der Waals surface area contributed by atoms with Crippen molar-refractivity contribution in [1.29, 1.82) is 5.26 Å². The Morgan fingerprint density at radius 3 is 2.59 bits per heavy atom. The highest BCUT2D eigenvalue weighted by Crippen LogP contribution is 2.43. The molecule has 0 saturated carbocycles. The van der Waals surface area contributed by atoms with Crippen LogP contribution < -0.4 is 15.3 Å². The number of thiophene rings is 2. The van der Waals surface area contributed by atoms with E-state index in [1.54, 1.807) is 11.3 Å². The molecule has 2 aliphatic rings. The van der Waals surface area contributed by atoms with E-state index < -0.39 is 8.07 Å². The van der Waals surface area contributed by atoms with Crippen LogP contribution in [0.3, 0.4) is 0 Å². The Morgan fingerprint density at radius 2 is 1.92 bits per heavy atom. The Kier molecular flexibility index (Phi) is 7.14. The van der Waals surface area contributed by atoms with Crippen LogP contribution in [0.2, 0.25) is 13.1 Å². The molecule has 1 aliphatic carbocycles. The van der Waals surface area contributed by atoms with Crippen LogP contribution in [0.1, 0.15) is 66.9 Å². The monoisotopic (exact) mass is 565 g/mol. The predicted octanol–water partition coefficient (Wildman–Crippen LogP) is 6.89. The molecule has 1 N–H and O–H groups in total. The number of fused-ring (bicyclic) bond motifs is 4. The minimum Gasteiger partial charge on any atom is -0.395 e. The maximum atomic E-state index is 10.0. The topological polar surface area (TPSA) is 60.2 Å². The third kappa shape index (κ3) is 5.05. The minimum atomic E-state index is -1.83. The first-order valence-corrected chi connectivity index (χ1v) is 18.4. The van der Waals surface area contributed by atoms with Gasteiger partial charge in [-0.25, -0.2) is 4.98 Å². The van der Waals surface area contributed by atoms with E-state index in [1.165, 1.54) is 30.0 Å². The normalized spacial score (nSPS) is 17.9. The van der Waals surface area contributed by atoms with Gasteiger partial charge >= 0.3 is 0 Å². The quantitative estimate of drug-likeness (QED) is 0.250. The second-order valence-corrected chi connectivity index (χ2v) is 19.3. The van der Waals surface area contributed by atoms with Crippen molar-refractivity contribution >= 4 is 75.2 Å². The Morgan fingerprint density at radius 1 is 1.19 bits per heavy atom. The average molecular weight is 566 g/mol. The maximum Gasteiger partial charge on any atom is 0.134 e. The zero-order chi connectivity index (χ0) is 26.5. The molecule has 3 aromatic heterocycles. The van der Waals surface area contributed by atoms with Crippen molar-refractivity contribution in [1.82, 2.24) is 4.98 Å². The molecule has 0 bridgehead atoms. The fourth-order valence-corrected chi connectivity index (χ4v) is 13.3. The fourth-order valence-electron chi connectivity index (χ4n) is 5.06. The SMILES string of the molecule is CC1CC=Cc2nc(/C(C#N)=C/c3cc4c(s3)-c3sc(N(CCO)CCC(C)(C)C)cc3[Si]4(C)C)sc21. The van der Waals surface area contributed by atoms with Crippen molar-refractivity contribution in [2.45, 2.75) is 59.5 Å². The van der Waals surface area contributed by atoms with E-state index in [4.69, 9.17) is 4.98 Å². The lowest BCUT2D eigenvalue weighted by molar-refractivity contribution is 0.297. The predicted molar refractivity (Wildman–Crippen MR) is 165 cm³/mol. The summed E-state index contributed by atoms with van der Waals surface area (Å²) in [5, 5.41) is 24.8. The van der Waals surface area contributed by atoms with E-state index in [9.17, 15) is 10.4 Å². The van der Waals surface area contributed by atoms with Crippen molar-refractivity contribution in [3.05, 3.63) is 38.7 Å². The van der Waals surface area contributed by atoms with Gasteiger partial charge in [0.05, 0.1) is 22.9 Å². The molecule has 0 fully saturated rings. The summed E-state index contributed by atoms with van der Waals surface area (Å²) >= 11 is 5.35. The van der Waals surface area contributed by atoms with Crippen molar-refractivity contribution < 1.29 is 5.11 Å². The number of thiazole rings is 1. The molecule has 0 saturated heterocycles. The van der Waals surface area contributed by atoms with E-state index >= 15 is 0 Å². The van der Waals surface area contributed by atoms with Crippen molar-refractivity contribution in [3.8, 4) is 15.8 Å². The molecule has 0 aromatic carbocycles. The zero-order valence-corrected chi connectivity index (χ0v) is 26.0. The van der Waals surface area contributed by atoms with E-state index in [0.717, 1.165) is 35.0 Å². The molecule has 0 spiro atoms. The average Bonchev–Trinajstić information content (AvgIpc) is 3.58. The lowest BCUT2D eigenvalue weighted by Gasteiger charge is -2.27. The van der Waals surface area contributed by atoms with Crippen LogP contribution in [0.15, 0.2) is 18.2 Å². The first-order valence-electron chi connectivity index (χ1n) is 13.0. The van der Waals surface area contributed by atoms with Crippen molar-refractivity contribution in [3.63, 3.8) is 0 Å². The summed E-state index contributed by atoms with van der Waals surface area (Å²) in [5.74, 6) is 0.462. The lowest BCUT2D eigenvalue weighted by Crippen LogP contribution is -2.48. The van der Waals surface area contributed by atoms with Gasteiger partial charge in [0.15, 0.2) is 0 Å². The van der Waals surface area contributed by atoms with Gasteiger partial charge in [-0.3, -0.25) is 0 Å². The molecular weight excluding hydrogens is 531 g/mol. The molecule has 5 rings (SSSR count). The highest BCUT2D eigenvalue weighted by atomic mass is 32.1. The van der Waals surface area contributed by atoms with Gasteiger partial charge in [-0.1, -0.05) is 46.9 Å². The molecule has 0 amide bonds. The number of anilines is 1. The summed E-state index contributed by atoms with van der Waals surface area (Å²) in [7, 11) is -1.83. The third-order valence-electron chi connectivity index (χ3n) is 7.37. The van der Waals surface area contributed by atoms with Crippen molar-refractivity contribution in [2.24, 2.45) is 5.41 Å². The van der Waals surface area contributed by atoms with Crippen LogP contribution in [0.5, 0.6) is 0 Å². The highest BCUT2D eigenvalue weighted by molar-refractivity contribution is 7.30. The van der Waals surface area contributed by atoms with Crippen LogP contribution in [0.4, 0.5) is 5.00 Å². The number of hydrogen-bond donors (Lipinski definition) is 1. The van der Waals surface area contributed by atoms with Gasteiger partial charge in [0.25, 0.3) is 0 Å². The van der Waals surface area contributed by atoms with E-state index in [-0.39, 0.29) is 12.0 Å². The number of aliphatic hydroxyl groups excluding tert-OH is 1. The molecule has 4 heterocycles. The van der Waals surface area contributed by atoms with Crippen LogP contribution in [-0.2, 0) is 0 Å². The Labute approximate surface area is 233 Å². The van der Waals surface area contributed by atoms with E-state index in [0.29, 0.717) is 18.0 Å². The molecule has 1 atom stereocenters. The van der Waals surface area contributed by atoms with Crippen LogP contribution in [-0.4, -0.2) is 37.9 Å². The third-order valence-corrected chi connectivity index (χ3v) is 15.0. The number of nitriles is 1. The molecule has 1 unspecified atom stereocenters. The number of allylic oxidation sites excluding steroid dienone is 2. The van der Waals surface area contributed by atoms with Crippen molar-refractivity contribution in [2.75, 3.05) is 24.6 Å². The second kappa shape index (κ2) is 9.94. The largest absolute Gasteiger partial charge is 0.395 e. The fraction of sp³-hybridized carbons (Fsp3) is 0.448. The summed E-state index contributed by atoms with van der Waals surface area (Å²) < 4.78 is 0. The summed E-state index contributed by atoms with van der Waals surface area (Å²) in [4.78, 5) is 12.4. The number of aliphatic hydroxyl groups is 1. The lowest BCUT2D eigenvalue weighted by atomic mass is 9.92. The highest BCUT2D eigenvalue weighted by Gasteiger charge is 2.41. The summed E-state index contributed by atoms with van der Waals surface area (Å²) in [5.41, 5.74) is 1.94. The van der Waals surface area contributed by atoms with Crippen LogP contribution in [0, 0.1) is 16.7 Å². The Hall–Kier alpha value is -2.02. The molecule has 3 aromatic rings. The van der Waals surface area contributed by atoms with Gasteiger partial charge in [0.2, 0.25) is 0 Å². The minimum absolute atomic E-state index is 0.165. The van der Waals surface area contributed by atoms with Gasteiger partial charge in [0.1, 0.15) is 19.2 Å². The zero-order valence-electron chi connectivity index (χ0n) is 22.5. The molecular formula is C29H35N3OS3Si. The van der Waals surface area contributed by atoms with E-state index in [1.807, 2.05) is 28.7 Å². The van der Waals surface area contributed by atoms with Gasteiger partial charge in [-0.15, -0.1) is 34.0 Å². The van der Waals surface area contributed by atoms with Gasteiger partial charge in [0, 0.05) is 32.6 Å². The number of nitrogens with zero attached hydrogens (tertiary/aromatic N) is 3. The van der Waals surface area contributed by atoms with Gasteiger partial charge in [-0.2, -0.15) is 5.26 Å². The molecule has 1 aliphatic heterocycles. The number of rotatable bonds is 7. The van der Waals surface area contributed by atoms with Crippen LogP contribution in [0.25, 0.3) is 27.5 Å². The smallest absolute Gasteiger partial charge is 0.134 e. The Bertz CT molecular complexity index is 1430. The molecule has 8 heteroatoms. The maximum absolute atomic E-state index is 10.0. The molecule has 37 heavy (non-hydrogen) atoms. The van der Waals surface area contributed by atoms with Gasteiger partial charge in [-0.05, 0) is 58.8 Å². The molecule has 0 radical (unpaired) electrons. The standard InChI is InChI=1S/C29H35N3OS3Si/c1-18-8-7-9-21-25(18)36-28(31-21)19(17-30)14-20-15-22-26(34-20)27-23(37(22,5)6)16-24(35-27)32(12-13-33)11-10-29(2,3)4/h7,9,14-16,18,33H,8,10-13H2,1-6H3/b19-14+. The summed E-state index contributed by atoms with van der Waals surface area (Å²) in [6, 6.07) is 7.17. The summed E-state index contributed by atoms with van der Waals surface area (Å²) in [6.07, 6.45) is 8.44. The molecule has 4 nitrogen and oxygen atoms in total. The first kappa shape index (κ1) is 26.6. The summed E-state index contributed by atoms with van der Waals surface area (Å²) in [6.45, 7) is 15.7. The van der Waals surface area contributed by atoms with E-state index in [2.05, 4.69) is 76.0 Å². The van der Waals surface area contributed by atoms with Gasteiger partial charge < -0.3 is 10.0 Å². The van der Waals surface area contributed by atoms with Crippen LogP contribution >= 0.6 is 34.0 Å². The second-order valence-electron chi connectivity index (χ2n) is 11.8.